The van der Waals surface area contributed by atoms with Gasteiger partial charge in [0.25, 0.3) is 5.92 Å². The minimum Gasteiger partial charge on any atom is -0.481 e. The number of thiazole rings is 1. The summed E-state index contributed by atoms with van der Waals surface area (Å²) in [5.74, 6) is -4.82. The van der Waals surface area contributed by atoms with Crippen molar-refractivity contribution in [2.75, 3.05) is 33.3 Å². The third kappa shape index (κ3) is 5.57. The zero-order valence-corrected chi connectivity index (χ0v) is 24.7. The number of carbonyl (C=O) groups is 2. The number of benzene rings is 1. The fraction of sp³-hybridized carbons (Fsp3) is 0.517. The number of amidine groups is 1. The van der Waals surface area contributed by atoms with Gasteiger partial charge in [-0.2, -0.15) is 0 Å². The van der Waals surface area contributed by atoms with Gasteiger partial charge in [-0.1, -0.05) is 12.1 Å². The smallest absolute Gasteiger partial charge is 0.338 e. The number of aromatic nitrogens is 1. The van der Waals surface area contributed by atoms with Crippen molar-refractivity contribution in [1.29, 1.82) is 0 Å². The van der Waals surface area contributed by atoms with Gasteiger partial charge in [-0.3, -0.25) is 19.6 Å². The summed E-state index contributed by atoms with van der Waals surface area (Å²) in [6.45, 7) is 4.87. The Bertz CT molecular complexity index is 1430. The molecule has 4 heterocycles. The minimum absolute atomic E-state index is 0.0229. The van der Waals surface area contributed by atoms with Crippen LogP contribution in [0.2, 0.25) is 0 Å². The number of aliphatic imine (C=N–C) groups is 1. The van der Waals surface area contributed by atoms with Gasteiger partial charge in [-0.25, -0.2) is 22.9 Å². The molecule has 1 aromatic heterocycles. The van der Waals surface area contributed by atoms with Crippen molar-refractivity contribution < 1.29 is 32.6 Å². The Morgan fingerprint density at radius 3 is 2.71 bits per heavy atom. The highest BCUT2D eigenvalue weighted by Crippen LogP contribution is 2.43. The second-order valence-corrected chi connectivity index (χ2v) is 12.5. The van der Waals surface area contributed by atoms with Crippen molar-refractivity contribution in [1.82, 2.24) is 20.1 Å². The zero-order valence-electron chi connectivity index (χ0n) is 23.9. The third-order valence-electron chi connectivity index (χ3n) is 8.52. The molecule has 42 heavy (non-hydrogen) atoms. The first-order valence-corrected chi connectivity index (χ1v) is 14.6. The van der Waals surface area contributed by atoms with Crippen molar-refractivity contribution in [3.8, 4) is 0 Å². The maximum Gasteiger partial charge on any atom is 0.338 e. The van der Waals surface area contributed by atoms with Crippen LogP contribution in [0.3, 0.4) is 0 Å². The number of carboxylic acids is 1. The number of nitrogens with zero attached hydrogens (tertiary/aromatic N) is 4. The minimum atomic E-state index is -3.06. The summed E-state index contributed by atoms with van der Waals surface area (Å²) >= 11 is 1.32. The van der Waals surface area contributed by atoms with Crippen LogP contribution in [0.5, 0.6) is 0 Å². The summed E-state index contributed by atoms with van der Waals surface area (Å²) in [5, 5.41) is 15.0. The van der Waals surface area contributed by atoms with E-state index in [9.17, 15) is 19.1 Å². The first-order valence-electron chi connectivity index (χ1n) is 13.7. The molecular weight excluding hydrogens is 571 g/mol. The van der Waals surface area contributed by atoms with Crippen LogP contribution in [-0.2, 0) is 14.3 Å². The summed E-state index contributed by atoms with van der Waals surface area (Å²) < 4.78 is 51.0. The van der Waals surface area contributed by atoms with Crippen LogP contribution >= 0.6 is 11.3 Å². The van der Waals surface area contributed by atoms with Gasteiger partial charge in [0.05, 0.1) is 30.7 Å². The number of fused-ring (bicyclic) bond motifs is 1. The normalized spacial score (nSPS) is 24.4. The predicted molar refractivity (Wildman–Crippen MR) is 151 cm³/mol. The van der Waals surface area contributed by atoms with E-state index in [-0.39, 0.29) is 25.1 Å². The Labute approximate surface area is 246 Å². The summed E-state index contributed by atoms with van der Waals surface area (Å²) in [5.41, 5.74) is 0.207. The number of hydrogen-bond donors (Lipinski definition) is 2. The number of likely N-dealkylation sites (tertiary alicyclic amines) is 2. The molecule has 3 atom stereocenters. The highest BCUT2D eigenvalue weighted by molar-refractivity contribution is 7.11. The molecule has 5 rings (SSSR count). The summed E-state index contributed by atoms with van der Waals surface area (Å²) in [4.78, 5) is 37.3. The van der Waals surface area contributed by atoms with Crippen molar-refractivity contribution in [3.05, 3.63) is 63.0 Å². The van der Waals surface area contributed by atoms with Crippen LogP contribution in [0, 0.1) is 18.2 Å². The summed E-state index contributed by atoms with van der Waals surface area (Å²) in [6.07, 6.45) is 2.31. The Kier molecular flexibility index (Phi) is 8.20. The van der Waals surface area contributed by atoms with Crippen LogP contribution in [0.4, 0.5) is 13.2 Å². The first kappa shape index (κ1) is 30.2. The average Bonchev–Trinajstić information content (AvgIpc) is 3.67. The number of hydrogen-bond acceptors (Lipinski definition) is 9. The van der Waals surface area contributed by atoms with Crippen LogP contribution in [0.15, 0.2) is 46.0 Å². The van der Waals surface area contributed by atoms with E-state index in [0.717, 1.165) is 0 Å². The number of carbonyl (C=O) groups excluding carboxylic acids is 1. The molecule has 0 aliphatic carbocycles. The number of aliphatic carboxylic acids is 1. The van der Waals surface area contributed by atoms with Gasteiger partial charge in [-0.15, -0.1) is 11.3 Å². The molecule has 2 aromatic rings. The molecule has 0 saturated carbocycles. The monoisotopic (exact) mass is 605 g/mol. The number of esters is 1. The van der Waals surface area contributed by atoms with E-state index >= 15 is 8.78 Å². The molecule has 3 aliphatic rings. The molecular formula is C29H34F3N5O4S. The van der Waals surface area contributed by atoms with Crippen LogP contribution in [0.25, 0.3) is 0 Å². The maximum atomic E-state index is 15.6. The molecule has 9 nitrogen and oxygen atoms in total. The van der Waals surface area contributed by atoms with Crippen LogP contribution in [-0.4, -0.2) is 89.0 Å². The topological polar surface area (TPSA) is 107 Å². The van der Waals surface area contributed by atoms with E-state index in [4.69, 9.17) is 9.73 Å². The van der Waals surface area contributed by atoms with Crippen molar-refractivity contribution in [2.45, 2.75) is 57.7 Å². The number of alkyl halides is 2. The van der Waals surface area contributed by atoms with E-state index in [2.05, 4.69) is 10.3 Å². The molecule has 2 fully saturated rings. The lowest BCUT2D eigenvalue weighted by Gasteiger charge is -2.31. The fourth-order valence-corrected chi connectivity index (χ4v) is 6.66. The Morgan fingerprint density at radius 2 is 2.05 bits per heavy atom. The molecule has 2 saturated heterocycles. The molecule has 0 radical (unpaired) electrons. The molecule has 1 aromatic carbocycles. The molecule has 2 N–H and O–H groups in total. The lowest BCUT2D eigenvalue weighted by atomic mass is 9.89. The molecule has 0 spiro atoms. The van der Waals surface area contributed by atoms with Crippen LogP contribution < -0.4 is 5.32 Å². The Hall–Kier alpha value is -3.29. The fourth-order valence-electron chi connectivity index (χ4n) is 6.07. The molecule has 0 amide bonds. The van der Waals surface area contributed by atoms with E-state index in [1.807, 2.05) is 0 Å². The average molecular weight is 606 g/mol. The quantitative estimate of drug-likeness (QED) is 0.413. The summed E-state index contributed by atoms with van der Waals surface area (Å²) in [6, 6.07) is 2.01. The maximum absolute atomic E-state index is 15.6. The number of rotatable bonds is 9. The SMILES string of the molecule is COC(=O)C1=C(CN2CC(F)(F)C3C2CCN3CCC(C)(C)C(=O)O)NC(c2nccs2)=NC1c1cccc(F)c1C. The van der Waals surface area contributed by atoms with Gasteiger partial charge >= 0.3 is 11.9 Å². The van der Waals surface area contributed by atoms with Gasteiger partial charge in [0.1, 0.15) is 11.9 Å². The third-order valence-corrected chi connectivity index (χ3v) is 9.30. The number of methoxy groups -OCH3 is 1. The molecule has 3 unspecified atom stereocenters. The zero-order chi connectivity index (χ0) is 30.4. The van der Waals surface area contributed by atoms with E-state index in [1.54, 1.807) is 48.2 Å². The molecule has 226 valence electrons. The number of nitrogens with one attached hydrogen (secondary N) is 1. The van der Waals surface area contributed by atoms with Gasteiger partial charge in [-0.05, 0) is 57.4 Å². The molecule has 3 aliphatic heterocycles. The number of ether oxygens (including phenoxy) is 1. The predicted octanol–water partition coefficient (Wildman–Crippen LogP) is 4.00. The van der Waals surface area contributed by atoms with Gasteiger partial charge in [0.15, 0.2) is 10.8 Å². The lowest BCUT2D eigenvalue weighted by molar-refractivity contribution is -0.147. The van der Waals surface area contributed by atoms with Crippen molar-refractivity contribution in [3.63, 3.8) is 0 Å². The van der Waals surface area contributed by atoms with E-state index in [1.165, 1.54) is 30.6 Å². The van der Waals surface area contributed by atoms with Gasteiger partial charge in [0.2, 0.25) is 0 Å². The van der Waals surface area contributed by atoms with E-state index in [0.29, 0.717) is 40.6 Å². The van der Waals surface area contributed by atoms with Crippen LogP contribution in [0.1, 0.15) is 48.9 Å². The van der Waals surface area contributed by atoms with Crippen molar-refractivity contribution >= 4 is 29.1 Å². The van der Waals surface area contributed by atoms with Gasteiger partial charge < -0.3 is 15.2 Å². The van der Waals surface area contributed by atoms with Crippen molar-refractivity contribution in [2.24, 2.45) is 10.4 Å². The number of halogens is 3. The first-order chi connectivity index (χ1) is 19.8. The molecule has 13 heteroatoms. The summed E-state index contributed by atoms with van der Waals surface area (Å²) in [7, 11) is 1.23. The standard InChI is InChI=1S/C29H34F3N5O4S/c1-16-17(6-5-7-18(16)30)22-21(26(38)41-4)19(34-24(35-22)25-33-10-13-42-25)14-37-15-29(31,32)23-20(37)8-11-36(23)12-9-28(2,3)27(39)40/h5-7,10,13,20,22-23H,8-9,11-12,14-15H2,1-4H3,(H,34,35)(H,39,40). The number of carboxylic acid groups (broad SMARTS) is 1. The Morgan fingerprint density at radius 1 is 1.29 bits per heavy atom. The van der Waals surface area contributed by atoms with E-state index < -0.39 is 53.8 Å². The second kappa shape index (κ2) is 11.4. The van der Waals surface area contributed by atoms with Gasteiger partial charge in [0, 0.05) is 36.4 Å². The second-order valence-electron chi connectivity index (χ2n) is 11.6. The highest BCUT2D eigenvalue weighted by atomic mass is 32.1. The highest BCUT2D eigenvalue weighted by Gasteiger charge is 2.59. The lowest BCUT2D eigenvalue weighted by Crippen LogP contribution is -2.46. The Balaban J connectivity index is 1.49. The largest absolute Gasteiger partial charge is 0.481 e. The molecule has 0 bridgehead atoms.